The molecule has 0 aromatic heterocycles. The molecule has 5 aliphatic rings. The maximum atomic E-state index is 12.8. The molecule has 4 fully saturated rings. The van der Waals surface area contributed by atoms with Crippen LogP contribution in [0.2, 0.25) is 0 Å². The fourth-order valence-electron chi connectivity index (χ4n) is 10.8. The minimum absolute atomic E-state index is 0.0215. The largest absolute Gasteiger partial charge is 0.481 e. The number of aliphatic carboxylic acids is 1. The Hall–Kier alpha value is -0.830. The first-order valence-electron chi connectivity index (χ1n) is 13.9. The van der Waals surface area contributed by atoms with Crippen LogP contribution in [0.3, 0.4) is 0 Å². The lowest BCUT2D eigenvalue weighted by Gasteiger charge is -2.71. The van der Waals surface area contributed by atoms with Gasteiger partial charge in [-0.25, -0.2) is 0 Å². The highest BCUT2D eigenvalue weighted by atomic mass is 16.4. The molecule has 0 aliphatic heterocycles. The number of hydrogen-bond acceptors (Lipinski definition) is 2. The predicted octanol–water partition coefficient (Wildman–Crippen LogP) is 7.23. The number of carbonyl (C=O) groups is 1. The smallest absolute Gasteiger partial charge is 0.313 e. The Morgan fingerprint density at radius 3 is 2.21 bits per heavy atom. The second-order valence-corrected chi connectivity index (χ2v) is 14.4. The van der Waals surface area contributed by atoms with Gasteiger partial charge in [-0.1, -0.05) is 59.6 Å². The summed E-state index contributed by atoms with van der Waals surface area (Å²) in [4.78, 5) is 12.8. The van der Waals surface area contributed by atoms with Crippen LogP contribution in [0, 0.1) is 50.7 Å². The summed E-state index contributed by atoms with van der Waals surface area (Å²) < 4.78 is 0. The molecule has 0 spiro atoms. The quantitative estimate of drug-likeness (QED) is 0.409. The first kappa shape index (κ1) is 23.9. The maximum absolute atomic E-state index is 12.8. The lowest BCUT2D eigenvalue weighted by atomic mass is 9.34. The van der Waals surface area contributed by atoms with Gasteiger partial charge in [-0.2, -0.15) is 0 Å². The van der Waals surface area contributed by atoms with E-state index >= 15 is 0 Å². The molecule has 0 amide bonds. The van der Waals surface area contributed by atoms with Crippen molar-refractivity contribution in [3.63, 3.8) is 0 Å². The van der Waals surface area contributed by atoms with Crippen LogP contribution in [-0.2, 0) is 4.79 Å². The predicted molar refractivity (Wildman–Crippen MR) is 133 cm³/mol. The number of allylic oxidation sites excluding steroid dienone is 1. The molecule has 5 aliphatic carbocycles. The van der Waals surface area contributed by atoms with Gasteiger partial charge in [0.25, 0.3) is 0 Å². The van der Waals surface area contributed by atoms with Gasteiger partial charge in [0, 0.05) is 0 Å². The first-order chi connectivity index (χ1) is 15.3. The van der Waals surface area contributed by atoms with Crippen molar-refractivity contribution in [2.24, 2.45) is 50.7 Å². The van der Waals surface area contributed by atoms with Crippen molar-refractivity contribution in [2.45, 2.75) is 119 Å². The van der Waals surface area contributed by atoms with Gasteiger partial charge in [-0.3, -0.25) is 4.79 Å². The summed E-state index contributed by atoms with van der Waals surface area (Å²) >= 11 is 0. The van der Waals surface area contributed by atoms with Crippen LogP contribution in [-0.4, -0.2) is 22.3 Å². The summed E-state index contributed by atoms with van der Waals surface area (Å²) in [5.41, 5.74) is 2.86. The van der Waals surface area contributed by atoms with Gasteiger partial charge in [0.1, 0.15) is 0 Å². The Morgan fingerprint density at radius 1 is 0.848 bits per heavy atom. The lowest BCUT2D eigenvalue weighted by Crippen LogP contribution is -2.64. The summed E-state index contributed by atoms with van der Waals surface area (Å²) in [5.74, 6) is 1.61. The number of aliphatic hydroxyl groups excluding tert-OH is 1. The summed E-state index contributed by atoms with van der Waals surface area (Å²) in [6, 6.07) is 0. The highest BCUT2D eigenvalue weighted by molar-refractivity contribution is 5.80. The molecule has 0 aromatic rings. The molecule has 9 atom stereocenters. The zero-order valence-electron chi connectivity index (χ0n) is 22.3. The Kier molecular flexibility index (Phi) is 5.15. The van der Waals surface area contributed by atoms with E-state index in [0.29, 0.717) is 23.7 Å². The van der Waals surface area contributed by atoms with Crippen LogP contribution in [0.1, 0.15) is 113 Å². The highest BCUT2D eigenvalue weighted by Crippen LogP contribution is 2.75. The molecular weight excluding hydrogens is 408 g/mol. The lowest BCUT2D eigenvalue weighted by molar-refractivity contribution is -0.205. The number of aliphatic hydroxyl groups is 1. The average Bonchev–Trinajstić information content (AvgIpc) is 2.74. The van der Waals surface area contributed by atoms with Gasteiger partial charge in [0.15, 0.2) is 0 Å². The van der Waals surface area contributed by atoms with Crippen molar-refractivity contribution < 1.29 is 15.0 Å². The van der Waals surface area contributed by atoms with Crippen molar-refractivity contribution in [1.29, 1.82) is 0 Å². The normalized spacial score (nSPS) is 53.4. The fourth-order valence-corrected chi connectivity index (χ4v) is 10.8. The van der Waals surface area contributed by atoms with E-state index in [1.165, 1.54) is 24.8 Å². The minimum atomic E-state index is -0.609. The molecule has 0 radical (unpaired) electrons. The number of hydrogen-bond donors (Lipinski definition) is 2. The topological polar surface area (TPSA) is 57.5 Å². The zero-order chi connectivity index (χ0) is 24.2. The third-order valence-electron chi connectivity index (χ3n) is 13.3. The van der Waals surface area contributed by atoms with Gasteiger partial charge in [0.2, 0.25) is 0 Å². The first-order valence-corrected chi connectivity index (χ1v) is 13.9. The summed E-state index contributed by atoms with van der Waals surface area (Å²) in [6.45, 7) is 17.0. The van der Waals surface area contributed by atoms with Crippen LogP contribution in [0.4, 0.5) is 0 Å². The van der Waals surface area contributed by atoms with Crippen LogP contribution < -0.4 is 0 Å². The van der Waals surface area contributed by atoms with Crippen molar-refractivity contribution >= 4 is 5.97 Å². The van der Waals surface area contributed by atoms with E-state index in [0.717, 1.165) is 44.9 Å². The molecule has 0 heterocycles. The fraction of sp³-hybridized carbons (Fsp3) is 0.900. The van der Waals surface area contributed by atoms with E-state index in [2.05, 4.69) is 48.5 Å². The zero-order valence-corrected chi connectivity index (χ0v) is 22.3. The molecule has 0 aromatic carbocycles. The van der Waals surface area contributed by atoms with Crippen LogP contribution in [0.5, 0.6) is 0 Å². The molecule has 33 heavy (non-hydrogen) atoms. The summed E-state index contributed by atoms with van der Waals surface area (Å²) in [7, 11) is 0. The van der Waals surface area contributed by atoms with Gasteiger partial charge >= 0.3 is 5.97 Å². The Bertz CT molecular complexity index is 887. The molecule has 186 valence electrons. The van der Waals surface area contributed by atoms with Crippen LogP contribution >= 0.6 is 0 Å². The molecule has 0 bridgehead atoms. The standard InChI is InChI=1S/C30H48O3/c1-18-10-15-30(25(32)33)17-16-28(6)20(24(30)19(18)2)8-9-22-27(5)13-12-23(31)26(3,4)21(27)11-14-29(22,28)7/h18-19,21-23,31H,8-17H2,1-7H3,(H,32,33)/t18-,19+,21+,22-,23+,27+,28-,29-,30+/m1/s1. The van der Waals surface area contributed by atoms with E-state index in [1.807, 2.05) is 0 Å². The average molecular weight is 457 g/mol. The Balaban J connectivity index is 1.63. The molecule has 0 unspecified atom stereocenters. The molecular formula is C30H48O3. The Labute approximate surface area is 201 Å². The third-order valence-corrected chi connectivity index (χ3v) is 13.3. The van der Waals surface area contributed by atoms with E-state index < -0.39 is 11.4 Å². The molecule has 0 saturated heterocycles. The SMILES string of the molecule is C[C@@H]1CC[C@]2(C(=O)O)CC[C@]3(C)C(=C2[C@H]1C)CC[C@@H]1[C@@]2(C)CC[C@H](O)C(C)(C)[C@@H]2CC[C@]13C. The minimum Gasteiger partial charge on any atom is -0.481 e. The van der Waals surface area contributed by atoms with Crippen molar-refractivity contribution in [3.05, 3.63) is 11.1 Å². The third kappa shape index (κ3) is 2.75. The van der Waals surface area contributed by atoms with E-state index in [4.69, 9.17) is 0 Å². The Morgan fingerprint density at radius 2 is 1.55 bits per heavy atom. The molecule has 3 nitrogen and oxygen atoms in total. The van der Waals surface area contributed by atoms with E-state index in [1.54, 1.807) is 5.57 Å². The summed E-state index contributed by atoms with van der Waals surface area (Å²) in [6.07, 6.45) is 10.3. The second kappa shape index (κ2) is 7.11. The van der Waals surface area contributed by atoms with E-state index in [-0.39, 0.29) is 27.8 Å². The second-order valence-electron chi connectivity index (χ2n) is 14.4. The monoisotopic (exact) mass is 456 g/mol. The number of fused-ring (bicyclic) bond motifs is 6. The van der Waals surface area contributed by atoms with Gasteiger partial charge in [-0.05, 0) is 110 Å². The van der Waals surface area contributed by atoms with Crippen LogP contribution in [0.15, 0.2) is 11.1 Å². The van der Waals surface area contributed by atoms with Crippen molar-refractivity contribution in [1.82, 2.24) is 0 Å². The van der Waals surface area contributed by atoms with Crippen molar-refractivity contribution in [3.8, 4) is 0 Å². The van der Waals surface area contributed by atoms with Crippen LogP contribution in [0.25, 0.3) is 0 Å². The van der Waals surface area contributed by atoms with Crippen molar-refractivity contribution in [2.75, 3.05) is 0 Å². The maximum Gasteiger partial charge on any atom is 0.313 e. The number of carboxylic acids is 1. The molecule has 4 saturated carbocycles. The number of rotatable bonds is 1. The number of carboxylic acid groups (broad SMARTS) is 1. The molecule has 2 N–H and O–H groups in total. The molecule has 3 heteroatoms. The molecule has 5 rings (SSSR count). The highest BCUT2D eigenvalue weighted by Gasteiger charge is 2.68. The summed E-state index contributed by atoms with van der Waals surface area (Å²) in [5, 5.41) is 21.4. The van der Waals surface area contributed by atoms with Gasteiger partial charge in [-0.15, -0.1) is 0 Å². The van der Waals surface area contributed by atoms with E-state index in [9.17, 15) is 15.0 Å². The van der Waals surface area contributed by atoms with Gasteiger partial charge < -0.3 is 10.2 Å². The van der Waals surface area contributed by atoms with Gasteiger partial charge in [0.05, 0.1) is 11.5 Å².